The van der Waals surface area contributed by atoms with Gasteiger partial charge in [-0.1, -0.05) is 36.4 Å². The molecule has 0 aliphatic heterocycles. The molecular weight excluding hydrogens is 298 g/mol. The van der Waals surface area contributed by atoms with Gasteiger partial charge in [0.25, 0.3) is 0 Å². The molecule has 4 heteroatoms. The first-order valence-corrected chi connectivity index (χ1v) is 7.45. The number of nitrogens with zero attached hydrogens (tertiary/aromatic N) is 1. The molecule has 112 valence electrons. The number of rotatable bonds is 4. The van der Waals surface area contributed by atoms with Crippen molar-refractivity contribution in [1.82, 2.24) is 4.57 Å². The largest absolute Gasteiger partial charge is 0.460 e. The van der Waals surface area contributed by atoms with Crippen molar-refractivity contribution in [3.05, 3.63) is 59.6 Å². The van der Waals surface area contributed by atoms with E-state index in [0.717, 1.165) is 21.8 Å². The average Bonchev–Trinajstić information content (AvgIpc) is 2.81. The highest BCUT2D eigenvalue weighted by Crippen LogP contribution is 2.30. The number of carbonyl (C=O) groups is 1. The first-order chi connectivity index (χ1) is 10.6. The zero-order chi connectivity index (χ0) is 15.7. The van der Waals surface area contributed by atoms with Crippen molar-refractivity contribution < 1.29 is 9.53 Å². The normalized spacial score (nSPS) is 11.0. The summed E-state index contributed by atoms with van der Waals surface area (Å²) in [6.45, 7) is 6.12. The predicted octanol–water partition coefficient (Wildman–Crippen LogP) is 4.57. The molecule has 0 saturated carbocycles. The van der Waals surface area contributed by atoms with E-state index >= 15 is 0 Å². The van der Waals surface area contributed by atoms with E-state index in [1.807, 2.05) is 30.3 Å². The highest BCUT2D eigenvalue weighted by Gasteiger charge is 2.11. The molecule has 0 amide bonds. The van der Waals surface area contributed by atoms with Gasteiger partial charge in [-0.25, -0.2) is 4.79 Å². The van der Waals surface area contributed by atoms with E-state index in [0.29, 0.717) is 23.7 Å². The molecule has 22 heavy (non-hydrogen) atoms. The van der Waals surface area contributed by atoms with Crippen molar-refractivity contribution in [3.8, 4) is 0 Å². The standard InChI is InChI=1S/C18H16ClNO2/c1-12(2)18(21)22-10-9-20-16-6-4-3-5-14(16)15-11-13(19)7-8-17(15)20/h3-8,11H,1,9-10H2,2H3. The van der Waals surface area contributed by atoms with Crippen LogP contribution in [-0.2, 0) is 16.1 Å². The fourth-order valence-electron chi connectivity index (χ4n) is 2.62. The van der Waals surface area contributed by atoms with Crippen LogP contribution >= 0.6 is 11.6 Å². The Kier molecular flexibility index (Phi) is 3.90. The first-order valence-electron chi connectivity index (χ1n) is 7.07. The minimum atomic E-state index is -0.358. The molecule has 3 nitrogen and oxygen atoms in total. The molecule has 0 bridgehead atoms. The zero-order valence-electron chi connectivity index (χ0n) is 12.3. The summed E-state index contributed by atoms with van der Waals surface area (Å²) in [4.78, 5) is 11.5. The molecule has 0 fully saturated rings. The number of carbonyl (C=O) groups excluding carboxylic acids is 1. The summed E-state index contributed by atoms with van der Waals surface area (Å²) in [7, 11) is 0. The van der Waals surface area contributed by atoms with Crippen LogP contribution in [0.15, 0.2) is 54.6 Å². The van der Waals surface area contributed by atoms with Crippen LogP contribution in [0, 0.1) is 0 Å². The third-order valence-corrected chi connectivity index (χ3v) is 3.87. The van der Waals surface area contributed by atoms with Crippen LogP contribution in [0.5, 0.6) is 0 Å². The van der Waals surface area contributed by atoms with Crippen LogP contribution in [0.2, 0.25) is 5.02 Å². The van der Waals surface area contributed by atoms with Crippen LogP contribution < -0.4 is 0 Å². The Morgan fingerprint density at radius 2 is 1.91 bits per heavy atom. The van der Waals surface area contributed by atoms with Gasteiger partial charge in [0.15, 0.2) is 0 Å². The molecule has 0 spiro atoms. The van der Waals surface area contributed by atoms with Crippen LogP contribution in [0.3, 0.4) is 0 Å². The van der Waals surface area contributed by atoms with Gasteiger partial charge in [0.05, 0.1) is 6.54 Å². The number of benzene rings is 2. The van der Waals surface area contributed by atoms with Crippen molar-refractivity contribution in [1.29, 1.82) is 0 Å². The van der Waals surface area contributed by atoms with E-state index < -0.39 is 0 Å². The average molecular weight is 314 g/mol. The zero-order valence-corrected chi connectivity index (χ0v) is 13.1. The Hall–Kier alpha value is -2.26. The van der Waals surface area contributed by atoms with Gasteiger partial charge < -0.3 is 9.30 Å². The Morgan fingerprint density at radius 3 is 2.68 bits per heavy atom. The van der Waals surface area contributed by atoms with Crippen molar-refractivity contribution in [3.63, 3.8) is 0 Å². The maximum absolute atomic E-state index is 11.5. The van der Waals surface area contributed by atoms with E-state index in [2.05, 4.69) is 23.3 Å². The lowest BCUT2D eigenvalue weighted by Gasteiger charge is -2.08. The lowest BCUT2D eigenvalue weighted by atomic mass is 10.2. The van der Waals surface area contributed by atoms with E-state index in [1.165, 1.54) is 0 Å². The second kappa shape index (κ2) is 5.85. The number of para-hydroxylation sites is 1. The van der Waals surface area contributed by atoms with Crippen molar-refractivity contribution in [2.24, 2.45) is 0 Å². The number of ether oxygens (including phenoxy) is 1. The van der Waals surface area contributed by atoms with Crippen LogP contribution in [0.25, 0.3) is 21.8 Å². The van der Waals surface area contributed by atoms with Crippen LogP contribution in [0.1, 0.15) is 6.92 Å². The van der Waals surface area contributed by atoms with Gasteiger partial charge in [-0.2, -0.15) is 0 Å². The summed E-state index contributed by atoms with van der Waals surface area (Å²) < 4.78 is 7.36. The topological polar surface area (TPSA) is 31.2 Å². The molecule has 1 heterocycles. The maximum atomic E-state index is 11.5. The summed E-state index contributed by atoms with van der Waals surface area (Å²) in [5.41, 5.74) is 2.59. The first kappa shape index (κ1) is 14.7. The van der Waals surface area contributed by atoms with Gasteiger partial charge in [0, 0.05) is 32.4 Å². The number of aromatic nitrogens is 1. The molecule has 3 rings (SSSR count). The quantitative estimate of drug-likeness (QED) is 0.522. The Balaban J connectivity index is 2.00. The van der Waals surface area contributed by atoms with Gasteiger partial charge in [-0.3, -0.25) is 0 Å². The fraction of sp³-hybridized carbons (Fsp3) is 0.167. The molecule has 0 N–H and O–H groups in total. The van der Waals surface area contributed by atoms with Crippen molar-refractivity contribution in [2.75, 3.05) is 6.61 Å². The summed E-state index contributed by atoms with van der Waals surface area (Å²) in [6, 6.07) is 14.0. The second-order valence-electron chi connectivity index (χ2n) is 5.25. The van der Waals surface area contributed by atoms with Gasteiger partial charge in [0.1, 0.15) is 6.61 Å². The molecule has 3 aromatic rings. The van der Waals surface area contributed by atoms with Gasteiger partial charge in [0.2, 0.25) is 0 Å². The predicted molar refractivity (Wildman–Crippen MR) is 90.2 cm³/mol. The van der Waals surface area contributed by atoms with E-state index in [4.69, 9.17) is 16.3 Å². The highest BCUT2D eigenvalue weighted by molar-refractivity contribution is 6.31. The molecule has 0 atom stereocenters. The summed E-state index contributed by atoms with van der Waals surface area (Å²) >= 11 is 6.12. The van der Waals surface area contributed by atoms with Crippen molar-refractivity contribution >= 4 is 39.4 Å². The van der Waals surface area contributed by atoms with Crippen LogP contribution in [-0.4, -0.2) is 17.1 Å². The molecule has 0 aliphatic carbocycles. The van der Waals surface area contributed by atoms with Gasteiger partial charge in [-0.05, 0) is 31.2 Å². The van der Waals surface area contributed by atoms with E-state index in [9.17, 15) is 4.79 Å². The molecule has 0 saturated heterocycles. The third kappa shape index (κ3) is 2.60. The van der Waals surface area contributed by atoms with Gasteiger partial charge in [-0.15, -0.1) is 0 Å². The van der Waals surface area contributed by atoms with E-state index in [-0.39, 0.29) is 5.97 Å². The number of esters is 1. The number of hydrogen-bond acceptors (Lipinski definition) is 2. The smallest absolute Gasteiger partial charge is 0.333 e. The third-order valence-electron chi connectivity index (χ3n) is 3.63. The molecule has 0 aliphatic rings. The Labute approximate surface area is 133 Å². The lowest BCUT2D eigenvalue weighted by Crippen LogP contribution is -2.11. The lowest BCUT2D eigenvalue weighted by molar-refractivity contribution is -0.139. The maximum Gasteiger partial charge on any atom is 0.333 e. The molecule has 0 unspecified atom stereocenters. The second-order valence-corrected chi connectivity index (χ2v) is 5.68. The number of hydrogen-bond donors (Lipinski definition) is 0. The molecule has 2 aromatic carbocycles. The van der Waals surface area contributed by atoms with Crippen molar-refractivity contribution in [2.45, 2.75) is 13.5 Å². The highest BCUT2D eigenvalue weighted by atomic mass is 35.5. The Morgan fingerprint density at radius 1 is 1.18 bits per heavy atom. The number of halogens is 1. The Bertz CT molecular complexity index is 879. The van der Waals surface area contributed by atoms with Gasteiger partial charge >= 0.3 is 5.97 Å². The van der Waals surface area contributed by atoms with E-state index in [1.54, 1.807) is 6.92 Å². The van der Waals surface area contributed by atoms with Crippen LogP contribution in [0.4, 0.5) is 0 Å². The molecule has 0 radical (unpaired) electrons. The molecular formula is C18H16ClNO2. The monoisotopic (exact) mass is 313 g/mol. The number of fused-ring (bicyclic) bond motifs is 3. The minimum absolute atomic E-state index is 0.308. The summed E-state index contributed by atoms with van der Waals surface area (Å²) in [5, 5.41) is 2.96. The summed E-state index contributed by atoms with van der Waals surface area (Å²) in [5.74, 6) is -0.358. The fourth-order valence-corrected chi connectivity index (χ4v) is 2.79. The molecule has 1 aromatic heterocycles. The minimum Gasteiger partial charge on any atom is -0.460 e. The summed E-state index contributed by atoms with van der Waals surface area (Å²) in [6.07, 6.45) is 0. The SMILES string of the molecule is C=C(C)C(=O)OCCn1c2ccccc2c2cc(Cl)ccc21.